The van der Waals surface area contributed by atoms with Crippen LogP contribution < -0.4 is 20.1 Å². The quantitative estimate of drug-likeness (QED) is 0.364. The predicted molar refractivity (Wildman–Crippen MR) is 110 cm³/mol. The van der Waals surface area contributed by atoms with Gasteiger partial charge in [-0.2, -0.15) is 0 Å². The number of rotatable bonds is 8. The zero-order valence-electron chi connectivity index (χ0n) is 15.0. The molecule has 6 heteroatoms. The van der Waals surface area contributed by atoms with Crippen molar-refractivity contribution in [3.63, 3.8) is 0 Å². The van der Waals surface area contributed by atoms with E-state index < -0.39 is 0 Å². The number of hydrogen-bond donors (Lipinski definition) is 2. The van der Waals surface area contributed by atoms with Crippen molar-refractivity contribution < 1.29 is 9.47 Å². The molecule has 1 aromatic carbocycles. The Morgan fingerprint density at radius 3 is 2.67 bits per heavy atom. The second-order valence-electron chi connectivity index (χ2n) is 6.07. The Kier molecular flexibility index (Phi) is 9.25. The molecule has 1 aliphatic carbocycles. The lowest BCUT2D eigenvalue weighted by atomic mass is 10.2. The highest BCUT2D eigenvalue weighted by atomic mass is 127. The van der Waals surface area contributed by atoms with Gasteiger partial charge in [-0.1, -0.05) is 25.5 Å². The number of guanidine groups is 1. The number of benzene rings is 1. The second-order valence-corrected chi connectivity index (χ2v) is 6.07. The summed E-state index contributed by atoms with van der Waals surface area (Å²) in [7, 11) is 3.46. The summed E-state index contributed by atoms with van der Waals surface area (Å²) < 4.78 is 11.2. The number of aliphatic imine (C=N–C) groups is 1. The fraction of sp³-hybridized carbons (Fsp3) is 0.611. The molecule has 3 atom stereocenters. The van der Waals surface area contributed by atoms with Crippen molar-refractivity contribution >= 4 is 29.9 Å². The van der Waals surface area contributed by atoms with E-state index in [1.807, 2.05) is 31.2 Å². The Morgan fingerprint density at radius 1 is 1.33 bits per heavy atom. The van der Waals surface area contributed by atoms with E-state index in [-0.39, 0.29) is 30.1 Å². The first-order valence-electron chi connectivity index (χ1n) is 8.44. The van der Waals surface area contributed by atoms with Crippen LogP contribution in [-0.4, -0.2) is 38.8 Å². The van der Waals surface area contributed by atoms with Gasteiger partial charge in [0.25, 0.3) is 0 Å². The molecule has 1 aliphatic rings. The first-order valence-corrected chi connectivity index (χ1v) is 8.44. The number of halogens is 1. The van der Waals surface area contributed by atoms with Crippen LogP contribution in [0.1, 0.15) is 33.1 Å². The van der Waals surface area contributed by atoms with Gasteiger partial charge in [0.15, 0.2) is 17.5 Å². The number of ether oxygens (including phenoxy) is 2. The van der Waals surface area contributed by atoms with E-state index in [4.69, 9.17) is 9.47 Å². The molecule has 1 aromatic rings. The standard InChI is InChI=1S/C18H29N3O2.HI/c1-5-8-14-11-15(14)21-18(19-3)20-12-13(2)23-17-10-7-6-9-16(17)22-4;/h6-7,9-10,13-15H,5,8,11-12H2,1-4H3,(H2,19,20,21);1H. The monoisotopic (exact) mass is 447 g/mol. The molecular formula is C18H30IN3O2. The fourth-order valence-electron chi connectivity index (χ4n) is 2.70. The molecule has 0 spiro atoms. The van der Waals surface area contributed by atoms with Crippen LogP contribution in [0.25, 0.3) is 0 Å². The summed E-state index contributed by atoms with van der Waals surface area (Å²) in [6.07, 6.45) is 3.80. The smallest absolute Gasteiger partial charge is 0.191 e. The molecule has 0 bridgehead atoms. The Bertz CT molecular complexity index is 525. The Morgan fingerprint density at radius 2 is 2.04 bits per heavy atom. The van der Waals surface area contributed by atoms with Gasteiger partial charge in [0, 0.05) is 13.1 Å². The number of para-hydroxylation sites is 2. The van der Waals surface area contributed by atoms with Crippen LogP contribution in [0.15, 0.2) is 29.3 Å². The molecule has 1 saturated carbocycles. The summed E-state index contributed by atoms with van der Waals surface area (Å²) >= 11 is 0. The van der Waals surface area contributed by atoms with Crippen molar-refractivity contribution in [3.8, 4) is 11.5 Å². The lowest BCUT2D eigenvalue weighted by molar-refractivity contribution is 0.213. The number of methoxy groups -OCH3 is 1. The van der Waals surface area contributed by atoms with Crippen LogP contribution >= 0.6 is 24.0 Å². The maximum atomic E-state index is 5.94. The normalized spacial score (nSPS) is 20.6. The molecule has 24 heavy (non-hydrogen) atoms. The first kappa shape index (κ1) is 20.9. The van der Waals surface area contributed by atoms with Crippen LogP contribution in [0.2, 0.25) is 0 Å². The molecule has 136 valence electrons. The van der Waals surface area contributed by atoms with E-state index in [9.17, 15) is 0 Å². The van der Waals surface area contributed by atoms with E-state index in [1.54, 1.807) is 14.2 Å². The van der Waals surface area contributed by atoms with Gasteiger partial charge in [-0.05, 0) is 37.8 Å². The van der Waals surface area contributed by atoms with Gasteiger partial charge in [0.1, 0.15) is 6.10 Å². The van der Waals surface area contributed by atoms with Gasteiger partial charge < -0.3 is 20.1 Å². The van der Waals surface area contributed by atoms with Crippen molar-refractivity contribution in [1.82, 2.24) is 10.6 Å². The van der Waals surface area contributed by atoms with Gasteiger partial charge in [0.05, 0.1) is 13.7 Å². The van der Waals surface area contributed by atoms with Crippen molar-refractivity contribution in [2.45, 2.75) is 45.3 Å². The molecule has 0 saturated heterocycles. The van der Waals surface area contributed by atoms with Gasteiger partial charge in [-0.15, -0.1) is 24.0 Å². The van der Waals surface area contributed by atoms with Crippen molar-refractivity contribution in [2.75, 3.05) is 20.7 Å². The van der Waals surface area contributed by atoms with Crippen LogP contribution in [-0.2, 0) is 0 Å². The van der Waals surface area contributed by atoms with Crippen molar-refractivity contribution in [3.05, 3.63) is 24.3 Å². The maximum Gasteiger partial charge on any atom is 0.191 e. The van der Waals surface area contributed by atoms with Gasteiger partial charge in [-0.3, -0.25) is 4.99 Å². The molecule has 0 aromatic heterocycles. The lowest BCUT2D eigenvalue weighted by Gasteiger charge is -2.19. The third-order valence-corrected chi connectivity index (χ3v) is 4.08. The summed E-state index contributed by atoms with van der Waals surface area (Å²) in [6.45, 7) is 4.95. The summed E-state index contributed by atoms with van der Waals surface area (Å²) in [4.78, 5) is 4.29. The van der Waals surface area contributed by atoms with E-state index >= 15 is 0 Å². The average Bonchev–Trinajstić information content (AvgIpc) is 3.30. The van der Waals surface area contributed by atoms with Crippen LogP contribution in [0.3, 0.4) is 0 Å². The number of nitrogens with zero attached hydrogens (tertiary/aromatic N) is 1. The van der Waals surface area contributed by atoms with Gasteiger partial charge in [0.2, 0.25) is 0 Å². The Hall–Kier alpha value is -1.18. The van der Waals surface area contributed by atoms with Crippen LogP contribution in [0.4, 0.5) is 0 Å². The summed E-state index contributed by atoms with van der Waals surface area (Å²) in [5.74, 6) is 3.17. The minimum Gasteiger partial charge on any atom is -0.493 e. The van der Waals surface area contributed by atoms with E-state index in [0.717, 1.165) is 23.4 Å². The molecule has 2 N–H and O–H groups in total. The van der Waals surface area contributed by atoms with Crippen molar-refractivity contribution in [2.24, 2.45) is 10.9 Å². The highest BCUT2D eigenvalue weighted by Crippen LogP contribution is 2.34. The average molecular weight is 447 g/mol. The third-order valence-electron chi connectivity index (χ3n) is 4.08. The summed E-state index contributed by atoms with van der Waals surface area (Å²) in [5.41, 5.74) is 0. The molecular weight excluding hydrogens is 417 g/mol. The zero-order valence-corrected chi connectivity index (χ0v) is 17.4. The molecule has 0 aliphatic heterocycles. The predicted octanol–water partition coefficient (Wildman–Crippen LogP) is 3.43. The minimum atomic E-state index is 0. The SMILES string of the molecule is CCCC1CC1NC(=NC)NCC(C)Oc1ccccc1OC.I. The molecule has 0 amide bonds. The Labute approximate surface area is 162 Å². The van der Waals surface area contributed by atoms with Crippen LogP contribution in [0.5, 0.6) is 11.5 Å². The molecule has 0 heterocycles. The molecule has 2 rings (SSSR count). The number of nitrogens with one attached hydrogen (secondary N) is 2. The lowest BCUT2D eigenvalue weighted by Crippen LogP contribution is -2.43. The summed E-state index contributed by atoms with van der Waals surface area (Å²) in [5, 5.41) is 6.81. The number of hydrogen-bond acceptors (Lipinski definition) is 3. The first-order chi connectivity index (χ1) is 11.2. The zero-order chi connectivity index (χ0) is 16.7. The fourth-order valence-corrected chi connectivity index (χ4v) is 2.70. The topological polar surface area (TPSA) is 54.9 Å². The van der Waals surface area contributed by atoms with E-state index in [1.165, 1.54) is 19.3 Å². The van der Waals surface area contributed by atoms with Crippen molar-refractivity contribution in [1.29, 1.82) is 0 Å². The summed E-state index contributed by atoms with van der Waals surface area (Å²) in [6, 6.07) is 8.27. The second kappa shape index (κ2) is 10.6. The van der Waals surface area contributed by atoms with E-state index in [2.05, 4.69) is 22.5 Å². The minimum absolute atomic E-state index is 0. The largest absolute Gasteiger partial charge is 0.493 e. The third kappa shape index (κ3) is 6.37. The van der Waals surface area contributed by atoms with Gasteiger partial charge >= 0.3 is 0 Å². The highest BCUT2D eigenvalue weighted by molar-refractivity contribution is 14.0. The highest BCUT2D eigenvalue weighted by Gasteiger charge is 2.36. The molecule has 3 unspecified atom stereocenters. The van der Waals surface area contributed by atoms with Gasteiger partial charge in [-0.25, -0.2) is 0 Å². The molecule has 0 radical (unpaired) electrons. The molecule has 1 fully saturated rings. The molecule has 5 nitrogen and oxygen atoms in total. The maximum absolute atomic E-state index is 5.94. The Balaban J connectivity index is 0.00000288. The van der Waals surface area contributed by atoms with E-state index in [0.29, 0.717) is 12.6 Å². The van der Waals surface area contributed by atoms with Crippen LogP contribution in [0, 0.1) is 5.92 Å².